The van der Waals surface area contributed by atoms with Crippen molar-refractivity contribution in [3.8, 4) is 22.6 Å². The van der Waals surface area contributed by atoms with E-state index in [-0.39, 0.29) is 24.0 Å². The minimum absolute atomic E-state index is 0.0463. The van der Waals surface area contributed by atoms with E-state index < -0.39 is 5.97 Å². The van der Waals surface area contributed by atoms with Gasteiger partial charge >= 0.3 is 5.97 Å². The Balaban J connectivity index is 1.98. The van der Waals surface area contributed by atoms with Crippen molar-refractivity contribution in [3.63, 3.8) is 0 Å². The molecule has 0 aliphatic carbocycles. The number of hydrogen-bond donors (Lipinski definition) is 0. The number of carbonyl (C=O) groups is 2. The third-order valence-electron chi connectivity index (χ3n) is 6.77. The van der Waals surface area contributed by atoms with Crippen molar-refractivity contribution in [2.24, 2.45) is 0 Å². The summed E-state index contributed by atoms with van der Waals surface area (Å²) in [5.74, 6) is 0.0700. The van der Waals surface area contributed by atoms with Gasteiger partial charge in [-0.25, -0.2) is 4.79 Å². The SMILES string of the molecule is CCOC(=O)c1c(N(C)C(C)=O)c2cc(-c3ccc(C(C)(C)C)cc3)ccc2n1-c1ccc(OC(C)C)cc1. The molecule has 1 amide bonds. The molecule has 1 heterocycles. The molecule has 0 fully saturated rings. The molecule has 39 heavy (non-hydrogen) atoms. The molecule has 0 unspecified atom stereocenters. The maximum absolute atomic E-state index is 13.4. The van der Waals surface area contributed by atoms with Gasteiger partial charge in [-0.15, -0.1) is 0 Å². The van der Waals surface area contributed by atoms with Crippen LogP contribution in [0.15, 0.2) is 66.7 Å². The summed E-state index contributed by atoms with van der Waals surface area (Å²) < 4.78 is 13.2. The highest BCUT2D eigenvalue weighted by Crippen LogP contribution is 2.39. The van der Waals surface area contributed by atoms with Gasteiger partial charge in [0.15, 0.2) is 5.69 Å². The molecule has 204 valence electrons. The molecular formula is C33H38N2O4. The van der Waals surface area contributed by atoms with E-state index in [2.05, 4.69) is 45.0 Å². The van der Waals surface area contributed by atoms with Crippen molar-refractivity contribution in [1.29, 1.82) is 0 Å². The third kappa shape index (κ3) is 5.70. The number of carbonyl (C=O) groups excluding carboxylic acids is 2. The molecule has 6 nitrogen and oxygen atoms in total. The van der Waals surface area contributed by atoms with Crippen LogP contribution in [-0.2, 0) is 14.9 Å². The monoisotopic (exact) mass is 526 g/mol. The molecule has 0 saturated carbocycles. The van der Waals surface area contributed by atoms with Crippen molar-refractivity contribution >= 4 is 28.5 Å². The van der Waals surface area contributed by atoms with Gasteiger partial charge < -0.3 is 18.9 Å². The maximum Gasteiger partial charge on any atom is 0.357 e. The van der Waals surface area contributed by atoms with E-state index >= 15 is 0 Å². The first-order valence-corrected chi connectivity index (χ1v) is 13.4. The predicted octanol–water partition coefficient (Wildman–Crippen LogP) is 7.54. The molecule has 0 N–H and O–H groups in total. The van der Waals surface area contributed by atoms with E-state index in [1.54, 1.807) is 14.0 Å². The van der Waals surface area contributed by atoms with Gasteiger partial charge in [-0.05, 0) is 79.3 Å². The topological polar surface area (TPSA) is 60.8 Å². The summed E-state index contributed by atoms with van der Waals surface area (Å²) in [5, 5.41) is 0.788. The van der Waals surface area contributed by atoms with Crippen LogP contribution in [-0.4, -0.2) is 36.2 Å². The molecule has 1 aromatic heterocycles. The fraction of sp³-hybridized carbons (Fsp3) is 0.333. The Morgan fingerprint density at radius 3 is 2.08 bits per heavy atom. The van der Waals surface area contributed by atoms with E-state index in [0.29, 0.717) is 11.4 Å². The number of benzene rings is 3. The lowest BCUT2D eigenvalue weighted by atomic mass is 9.86. The number of rotatable bonds is 7. The second-order valence-electron chi connectivity index (χ2n) is 11.1. The van der Waals surface area contributed by atoms with Crippen LogP contribution in [0.1, 0.15) is 64.5 Å². The summed E-state index contributed by atoms with van der Waals surface area (Å²) >= 11 is 0. The standard InChI is InChI=1S/C33H38N2O4/c1-9-38-32(37)31-30(34(8)22(4)36)28-20-24(23-10-13-25(14-11-23)33(5,6)7)12-19-29(28)35(31)26-15-17-27(18-16-26)39-21(2)3/h10-21H,9H2,1-8H3. The van der Waals surface area contributed by atoms with E-state index in [4.69, 9.17) is 9.47 Å². The van der Waals surface area contributed by atoms with E-state index in [9.17, 15) is 9.59 Å². The largest absolute Gasteiger partial charge is 0.491 e. The molecular weight excluding hydrogens is 488 g/mol. The summed E-state index contributed by atoms with van der Waals surface area (Å²) in [6.07, 6.45) is 0.0463. The van der Waals surface area contributed by atoms with Crippen molar-refractivity contribution in [2.75, 3.05) is 18.6 Å². The van der Waals surface area contributed by atoms with Crippen LogP contribution >= 0.6 is 0 Å². The quantitative estimate of drug-likeness (QED) is 0.233. The zero-order valence-corrected chi connectivity index (χ0v) is 24.2. The van der Waals surface area contributed by atoms with Crippen LogP contribution in [0, 0.1) is 0 Å². The van der Waals surface area contributed by atoms with Gasteiger partial charge in [-0.2, -0.15) is 0 Å². The maximum atomic E-state index is 13.4. The summed E-state index contributed by atoms with van der Waals surface area (Å²) in [6, 6.07) is 22.2. The molecule has 4 aromatic rings. The van der Waals surface area contributed by atoms with Gasteiger partial charge in [0.05, 0.1) is 23.9 Å². The average molecular weight is 527 g/mol. The molecule has 0 spiro atoms. The molecule has 3 aromatic carbocycles. The van der Waals surface area contributed by atoms with Crippen molar-refractivity contribution < 1.29 is 19.1 Å². The zero-order chi connectivity index (χ0) is 28.5. The van der Waals surface area contributed by atoms with E-state index in [1.165, 1.54) is 17.4 Å². The fourth-order valence-corrected chi connectivity index (χ4v) is 4.72. The highest BCUT2D eigenvalue weighted by Gasteiger charge is 2.29. The van der Waals surface area contributed by atoms with Crippen molar-refractivity contribution in [3.05, 3.63) is 78.0 Å². The van der Waals surface area contributed by atoms with Crippen LogP contribution in [0.2, 0.25) is 0 Å². The Labute approximate surface area is 231 Å². The molecule has 0 saturated heterocycles. The number of fused-ring (bicyclic) bond motifs is 1. The molecule has 6 heteroatoms. The lowest BCUT2D eigenvalue weighted by molar-refractivity contribution is -0.116. The number of amides is 1. The van der Waals surface area contributed by atoms with Crippen LogP contribution in [0.25, 0.3) is 27.7 Å². The number of aromatic nitrogens is 1. The van der Waals surface area contributed by atoms with Gasteiger partial charge in [0.25, 0.3) is 0 Å². The zero-order valence-electron chi connectivity index (χ0n) is 24.2. The highest BCUT2D eigenvalue weighted by atomic mass is 16.5. The Kier molecular flexibility index (Phi) is 7.86. The van der Waals surface area contributed by atoms with E-state index in [1.807, 2.05) is 60.9 Å². The summed E-state index contributed by atoms with van der Waals surface area (Å²) in [7, 11) is 1.69. The number of esters is 1. The van der Waals surface area contributed by atoms with Gasteiger partial charge in [-0.1, -0.05) is 51.1 Å². The Morgan fingerprint density at radius 1 is 0.923 bits per heavy atom. The fourth-order valence-electron chi connectivity index (χ4n) is 4.72. The van der Waals surface area contributed by atoms with Gasteiger partial charge in [0.2, 0.25) is 5.91 Å². The molecule has 0 bridgehead atoms. The second-order valence-corrected chi connectivity index (χ2v) is 11.1. The average Bonchev–Trinajstić information content (AvgIpc) is 3.22. The van der Waals surface area contributed by atoms with Gasteiger partial charge in [-0.3, -0.25) is 4.79 Å². The van der Waals surface area contributed by atoms with Crippen LogP contribution in [0.4, 0.5) is 5.69 Å². The Hall–Kier alpha value is -4.06. The molecule has 0 aliphatic rings. The van der Waals surface area contributed by atoms with E-state index in [0.717, 1.165) is 33.5 Å². The summed E-state index contributed by atoms with van der Waals surface area (Å²) in [4.78, 5) is 27.6. The highest BCUT2D eigenvalue weighted by molar-refractivity contribution is 6.13. The Bertz CT molecular complexity index is 1490. The van der Waals surface area contributed by atoms with Crippen LogP contribution < -0.4 is 9.64 Å². The number of ether oxygens (including phenoxy) is 2. The number of hydrogen-bond acceptors (Lipinski definition) is 4. The third-order valence-corrected chi connectivity index (χ3v) is 6.77. The minimum Gasteiger partial charge on any atom is -0.491 e. The van der Waals surface area contributed by atoms with Crippen LogP contribution in [0.5, 0.6) is 5.75 Å². The lowest BCUT2D eigenvalue weighted by Gasteiger charge is -2.19. The first kappa shape index (κ1) is 28.0. The number of anilines is 1. The summed E-state index contributed by atoms with van der Waals surface area (Å²) in [6.45, 7) is 14.0. The minimum atomic E-state index is -0.490. The summed E-state index contributed by atoms with van der Waals surface area (Å²) in [5.41, 5.74) is 5.76. The van der Waals surface area contributed by atoms with Crippen LogP contribution in [0.3, 0.4) is 0 Å². The van der Waals surface area contributed by atoms with Crippen molar-refractivity contribution in [2.45, 2.75) is 60.0 Å². The lowest BCUT2D eigenvalue weighted by Crippen LogP contribution is -2.25. The molecule has 0 radical (unpaired) electrons. The number of nitrogens with zero attached hydrogens (tertiary/aromatic N) is 2. The second kappa shape index (κ2) is 11.0. The van der Waals surface area contributed by atoms with Gasteiger partial charge in [0, 0.05) is 25.0 Å². The molecule has 0 atom stereocenters. The van der Waals surface area contributed by atoms with Crippen molar-refractivity contribution in [1.82, 2.24) is 4.57 Å². The first-order chi connectivity index (χ1) is 18.4. The first-order valence-electron chi connectivity index (χ1n) is 13.4. The Morgan fingerprint density at radius 2 is 1.54 bits per heavy atom. The molecule has 4 rings (SSSR count). The predicted molar refractivity (Wildman–Crippen MR) is 158 cm³/mol. The normalized spacial score (nSPS) is 11.6. The smallest absolute Gasteiger partial charge is 0.357 e. The molecule has 0 aliphatic heterocycles. The van der Waals surface area contributed by atoms with Gasteiger partial charge in [0.1, 0.15) is 5.75 Å².